The molecule has 0 aromatic carbocycles. The van der Waals surface area contributed by atoms with Crippen LogP contribution >= 0.6 is 0 Å². The third-order valence-corrected chi connectivity index (χ3v) is 5.40. The molecule has 2 aliphatic rings. The number of nitrogens with one attached hydrogen (secondary N) is 1. The number of aromatic amines is 1. The number of H-pyrrole nitrogens is 1. The van der Waals surface area contributed by atoms with Crippen LogP contribution in [0, 0.1) is 11.8 Å². The number of hydrogen-bond acceptors (Lipinski definition) is 4. The van der Waals surface area contributed by atoms with Crippen molar-refractivity contribution in [1.29, 1.82) is 0 Å². The Hall–Kier alpha value is -2.57. The van der Waals surface area contributed by atoms with Crippen molar-refractivity contribution < 1.29 is 19.1 Å². The molecule has 0 bridgehead atoms. The summed E-state index contributed by atoms with van der Waals surface area (Å²) in [5.74, 6) is 0.557. The van der Waals surface area contributed by atoms with E-state index in [2.05, 4.69) is 9.97 Å². The molecule has 1 amide bonds. The number of carboxylic acid groups (broad SMARTS) is 1. The fourth-order valence-electron chi connectivity index (χ4n) is 3.82. The van der Waals surface area contributed by atoms with Crippen LogP contribution in [0.2, 0.25) is 0 Å². The van der Waals surface area contributed by atoms with E-state index in [0.717, 1.165) is 38.0 Å². The van der Waals surface area contributed by atoms with Crippen LogP contribution in [-0.2, 0) is 11.2 Å². The van der Waals surface area contributed by atoms with E-state index in [1.165, 1.54) is 12.3 Å². The monoisotopic (exact) mass is 343 g/mol. The van der Waals surface area contributed by atoms with E-state index < -0.39 is 5.97 Å². The quantitative estimate of drug-likeness (QED) is 0.868. The van der Waals surface area contributed by atoms with Gasteiger partial charge in [-0.2, -0.15) is 0 Å². The lowest BCUT2D eigenvalue weighted by atomic mass is 9.91. The topological polar surface area (TPSA) is 99.4 Å². The van der Waals surface area contributed by atoms with E-state index in [1.54, 1.807) is 12.5 Å². The molecule has 1 aliphatic heterocycles. The third kappa shape index (κ3) is 3.18. The maximum atomic E-state index is 12.6. The zero-order valence-electron chi connectivity index (χ0n) is 13.9. The molecule has 1 aliphatic carbocycles. The molecule has 0 unspecified atom stereocenters. The fourth-order valence-corrected chi connectivity index (χ4v) is 3.82. The van der Waals surface area contributed by atoms with Gasteiger partial charge in [-0.3, -0.25) is 4.79 Å². The number of likely N-dealkylation sites (tertiary alicyclic amines) is 1. The van der Waals surface area contributed by atoms with E-state index in [0.29, 0.717) is 18.1 Å². The van der Waals surface area contributed by atoms with Crippen LogP contribution in [0.4, 0.5) is 0 Å². The number of furan rings is 1. The van der Waals surface area contributed by atoms with Crippen LogP contribution in [0.1, 0.15) is 47.0 Å². The SMILES string of the molecule is O=C(O)c1ccoc1CC1CCN(C(=O)[C@@H]2C[C@H]2c2cnc[nH]2)CC1. The number of carbonyl (C=O) groups is 2. The predicted molar refractivity (Wildman–Crippen MR) is 88.1 cm³/mol. The highest BCUT2D eigenvalue weighted by molar-refractivity contribution is 5.88. The third-order valence-electron chi connectivity index (χ3n) is 5.40. The van der Waals surface area contributed by atoms with Gasteiger partial charge in [-0.1, -0.05) is 0 Å². The second kappa shape index (κ2) is 6.38. The van der Waals surface area contributed by atoms with Crippen molar-refractivity contribution in [3.8, 4) is 0 Å². The van der Waals surface area contributed by atoms with Gasteiger partial charge in [-0.05, 0) is 31.2 Å². The standard InChI is InChI=1S/C18H21N3O4/c22-17(14-8-13(14)15-9-19-10-20-15)21-4-1-11(2-5-21)7-16-12(18(23)24)3-6-25-16/h3,6,9-11,13-14H,1-2,4-5,7-8H2,(H,19,20)(H,23,24)/t13-,14-/m1/s1. The lowest BCUT2D eigenvalue weighted by Crippen LogP contribution is -2.40. The first-order valence-corrected chi connectivity index (χ1v) is 8.70. The lowest BCUT2D eigenvalue weighted by Gasteiger charge is -2.32. The molecule has 7 heteroatoms. The molecule has 0 radical (unpaired) electrons. The zero-order valence-corrected chi connectivity index (χ0v) is 13.9. The highest BCUT2D eigenvalue weighted by Gasteiger charge is 2.47. The van der Waals surface area contributed by atoms with Gasteiger partial charge in [-0.25, -0.2) is 9.78 Å². The Morgan fingerprint density at radius 1 is 1.36 bits per heavy atom. The number of carbonyl (C=O) groups excluding carboxylic acids is 1. The molecular formula is C18H21N3O4. The summed E-state index contributed by atoms with van der Waals surface area (Å²) < 4.78 is 5.34. The average Bonchev–Trinajstić information content (AvgIpc) is 3.00. The molecule has 1 saturated carbocycles. The summed E-state index contributed by atoms with van der Waals surface area (Å²) in [4.78, 5) is 32.9. The van der Waals surface area contributed by atoms with Crippen LogP contribution in [0.15, 0.2) is 29.3 Å². The van der Waals surface area contributed by atoms with Gasteiger partial charge >= 0.3 is 5.97 Å². The molecule has 2 N–H and O–H groups in total. The number of imidazole rings is 1. The van der Waals surface area contributed by atoms with Crippen LogP contribution in [0.25, 0.3) is 0 Å². The molecule has 7 nitrogen and oxygen atoms in total. The number of piperidine rings is 1. The van der Waals surface area contributed by atoms with Gasteiger partial charge in [0.15, 0.2) is 0 Å². The van der Waals surface area contributed by atoms with Crippen LogP contribution < -0.4 is 0 Å². The van der Waals surface area contributed by atoms with Crippen molar-refractivity contribution in [3.05, 3.63) is 41.9 Å². The normalized spacial score (nSPS) is 23.6. The lowest BCUT2D eigenvalue weighted by molar-refractivity contribution is -0.134. The van der Waals surface area contributed by atoms with Crippen molar-refractivity contribution in [2.75, 3.05) is 13.1 Å². The molecular weight excluding hydrogens is 322 g/mol. The summed E-state index contributed by atoms with van der Waals surface area (Å²) in [6.45, 7) is 1.47. The molecule has 0 spiro atoms. The van der Waals surface area contributed by atoms with Gasteiger partial charge in [0.05, 0.1) is 12.6 Å². The Morgan fingerprint density at radius 3 is 2.84 bits per heavy atom. The largest absolute Gasteiger partial charge is 0.478 e. The summed E-state index contributed by atoms with van der Waals surface area (Å²) in [5.41, 5.74) is 1.30. The van der Waals surface area contributed by atoms with Crippen molar-refractivity contribution in [2.24, 2.45) is 11.8 Å². The summed E-state index contributed by atoms with van der Waals surface area (Å²) in [6, 6.07) is 1.50. The van der Waals surface area contributed by atoms with Gasteiger partial charge in [0.2, 0.25) is 5.91 Å². The van der Waals surface area contributed by atoms with Crippen LogP contribution in [-0.4, -0.2) is 44.9 Å². The maximum Gasteiger partial charge on any atom is 0.339 e. The Bertz CT molecular complexity index is 759. The van der Waals surface area contributed by atoms with E-state index in [1.807, 2.05) is 4.90 Å². The van der Waals surface area contributed by atoms with Gasteiger partial charge in [-0.15, -0.1) is 0 Å². The molecule has 3 heterocycles. The Balaban J connectivity index is 1.29. The Kier molecular flexibility index (Phi) is 4.07. The summed E-state index contributed by atoms with van der Waals surface area (Å²) in [7, 11) is 0. The number of aromatic nitrogens is 2. The van der Waals surface area contributed by atoms with Crippen LogP contribution in [0.3, 0.4) is 0 Å². The van der Waals surface area contributed by atoms with Gasteiger partial charge < -0.3 is 19.4 Å². The molecule has 2 atom stereocenters. The second-order valence-corrected chi connectivity index (χ2v) is 6.99. The van der Waals surface area contributed by atoms with Gasteiger partial charge in [0.25, 0.3) is 0 Å². The fraction of sp³-hybridized carbons (Fsp3) is 0.500. The number of hydrogen-bond donors (Lipinski definition) is 2. The van der Waals surface area contributed by atoms with Crippen molar-refractivity contribution in [3.63, 3.8) is 0 Å². The highest BCUT2D eigenvalue weighted by Crippen LogP contribution is 2.47. The van der Waals surface area contributed by atoms with E-state index in [4.69, 9.17) is 9.52 Å². The number of nitrogens with zero attached hydrogens (tertiary/aromatic N) is 2. The first-order chi connectivity index (χ1) is 12.1. The van der Waals surface area contributed by atoms with E-state index in [-0.39, 0.29) is 23.3 Å². The minimum absolute atomic E-state index is 0.0840. The van der Waals surface area contributed by atoms with Gasteiger partial charge in [0.1, 0.15) is 11.3 Å². The Morgan fingerprint density at radius 2 is 2.16 bits per heavy atom. The summed E-state index contributed by atoms with van der Waals surface area (Å²) in [6.07, 6.45) is 8.17. The van der Waals surface area contributed by atoms with Crippen molar-refractivity contribution >= 4 is 11.9 Å². The Labute approximate surface area is 145 Å². The molecule has 2 aromatic heterocycles. The number of aromatic carboxylic acids is 1. The number of amides is 1. The highest BCUT2D eigenvalue weighted by atomic mass is 16.4. The molecule has 132 valence electrons. The second-order valence-electron chi connectivity index (χ2n) is 6.99. The van der Waals surface area contributed by atoms with E-state index >= 15 is 0 Å². The number of rotatable bonds is 5. The van der Waals surface area contributed by atoms with Gasteiger partial charge in [0, 0.05) is 43.2 Å². The van der Waals surface area contributed by atoms with Crippen molar-refractivity contribution in [2.45, 2.75) is 31.6 Å². The molecule has 1 saturated heterocycles. The van der Waals surface area contributed by atoms with Crippen LogP contribution in [0.5, 0.6) is 0 Å². The van der Waals surface area contributed by atoms with Crippen molar-refractivity contribution in [1.82, 2.24) is 14.9 Å². The smallest absolute Gasteiger partial charge is 0.339 e. The minimum Gasteiger partial charge on any atom is -0.478 e. The average molecular weight is 343 g/mol. The van der Waals surface area contributed by atoms with E-state index in [9.17, 15) is 9.59 Å². The molecule has 2 fully saturated rings. The number of carboxylic acids is 1. The zero-order chi connectivity index (χ0) is 17.4. The molecule has 4 rings (SSSR count). The first kappa shape index (κ1) is 15.9. The minimum atomic E-state index is -0.949. The predicted octanol–water partition coefficient (Wildman–Crippen LogP) is 2.29. The first-order valence-electron chi connectivity index (χ1n) is 8.70. The summed E-state index contributed by atoms with van der Waals surface area (Å²) >= 11 is 0. The molecule has 2 aromatic rings. The maximum absolute atomic E-state index is 12.6. The summed E-state index contributed by atoms with van der Waals surface area (Å²) in [5, 5.41) is 9.15. The molecule has 25 heavy (non-hydrogen) atoms.